The monoisotopic (exact) mass is 270 g/mol. The highest BCUT2D eigenvalue weighted by Crippen LogP contribution is 2.32. The minimum absolute atomic E-state index is 0.141. The number of nitrogens with zero attached hydrogens (tertiary/aromatic N) is 3. The number of likely N-dealkylation sites (tertiary alicyclic amines) is 1. The molecule has 5 nitrogen and oxygen atoms in total. The van der Waals surface area contributed by atoms with Gasteiger partial charge >= 0.3 is 6.03 Å². The number of carbonyl (C=O) groups is 1. The van der Waals surface area contributed by atoms with E-state index in [1.165, 1.54) is 0 Å². The number of hydrogen-bond donors (Lipinski definition) is 1. The van der Waals surface area contributed by atoms with Gasteiger partial charge in [0.1, 0.15) is 0 Å². The highest BCUT2D eigenvalue weighted by molar-refractivity contribution is 5.73. The van der Waals surface area contributed by atoms with Crippen LogP contribution in [-0.2, 0) is 0 Å². The third-order valence-corrected chi connectivity index (χ3v) is 4.17. The molecule has 1 saturated heterocycles. The second-order valence-electron chi connectivity index (χ2n) is 6.02. The van der Waals surface area contributed by atoms with Crippen molar-refractivity contribution < 1.29 is 4.79 Å². The van der Waals surface area contributed by atoms with E-state index in [1.54, 1.807) is 4.90 Å². The van der Waals surface area contributed by atoms with Gasteiger partial charge in [-0.1, -0.05) is 6.92 Å². The maximum atomic E-state index is 12.0. The van der Waals surface area contributed by atoms with Gasteiger partial charge in [-0.15, -0.1) is 0 Å². The van der Waals surface area contributed by atoms with Gasteiger partial charge in [-0.2, -0.15) is 0 Å². The molecular weight excluding hydrogens is 240 g/mol. The van der Waals surface area contributed by atoms with Crippen molar-refractivity contribution in [2.24, 2.45) is 5.41 Å². The van der Waals surface area contributed by atoms with E-state index in [0.29, 0.717) is 5.41 Å². The average molecular weight is 270 g/mol. The van der Waals surface area contributed by atoms with Crippen LogP contribution in [0.15, 0.2) is 0 Å². The van der Waals surface area contributed by atoms with Crippen LogP contribution in [-0.4, -0.2) is 81.6 Å². The number of nitrogens with one attached hydrogen (secondary N) is 1. The molecule has 1 fully saturated rings. The molecule has 0 aromatic carbocycles. The van der Waals surface area contributed by atoms with Crippen molar-refractivity contribution in [1.29, 1.82) is 0 Å². The molecule has 1 aliphatic rings. The fourth-order valence-corrected chi connectivity index (χ4v) is 2.91. The molecule has 19 heavy (non-hydrogen) atoms. The molecule has 1 aliphatic heterocycles. The van der Waals surface area contributed by atoms with E-state index in [4.69, 9.17) is 0 Å². The van der Waals surface area contributed by atoms with E-state index in [1.807, 2.05) is 26.0 Å². The smallest absolute Gasteiger partial charge is 0.319 e. The summed E-state index contributed by atoms with van der Waals surface area (Å²) in [4.78, 5) is 18.0. The lowest BCUT2D eigenvalue weighted by atomic mass is 9.77. The summed E-state index contributed by atoms with van der Waals surface area (Å²) in [6.07, 6.45) is 2.16. The van der Waals surface area contributed by atoms with E-state index >= 15 is 0 Å². The fraction of sp³-hybridized carbons (Fsp3) is 0.929. The summed E-state index contributed by atoms with van der Waals surface area (Å²) in [6, 6.07) is 0.141. The van der Waals surface area contributed by atoms with Crippen LogP contribution < -0.4 is 5.32 Å². The van der Waals surface area contributed by atoms with Gasteiger partial charge in [0.05, 0.1) is 0 Å². The van der Waals surface area contributed by atoms with Crippen molar-refractivity contribution in [3.8, 4) is 0 Å². The van der Waals surface area contributed by atoms with E-state index < -0.39 is 0 Å². The number of urea groups is 1. The van der Waals surface area contributed by atoms with Gasteiger partial charge in [0, 0.05) is 40.3 Å². The Kier molecular flexibility index (Phi) is 6.07. The van der Waals surface area contributed by atoms with Crippen LogP contribution in [0.3, 0.4) is 0 Å². The largest absolute Gasteiger partial charge is 0.331 e. The summed E-state index contributed by atoms with van der Waals surface area (Å²) in [7, 11) is 7.84. The maximum Gasteiger partial charge on any atom is 0.319 e. The Bertz CT molecular complexity index is 285. The molecular formula is C14H30N4O. The first-order valence-corrected chi connectivity index (χ1v) is 7.23. The molecule has 0 bridgehead atoms. The molecule has 0 aromatic rings. The lowest BCUT2D eigenvalue weighted by Crippen LogP contribution is -2.52. The van der Waals surface area contributed by atoms with Crippen molar-refractivity contribution in [3.05, 3.63) is 0 Å². The molecule has 0 aliphatic carbocycles. The molecule has 112 valence electrons. The molecule has 0 unspecified atom stereocenters. The first kappa shape index (κ1) is 16.2. The van der Waals surface area contributed by atoms with Gasteiger partial charge in [-0.3, -0.25) is 0 Å². The molecule has 1 N–H and O–H groups in total. The van der Waals surface area contributed by atoms with Crippen LogP contribution in [0.25, 0.3) is 0 Å². The van der Waals surface area contributed by atoms with E-state index in [9.17, 15) is 4.79 Å². The Hall–Kier alpha value is -0.810. The fourth-order valence-electron chi connectivity index (χ4n) is 2.91. The van der Waals surface area contributed by atoms with Crippen molar-refractivity contribution in [1.82, 2.24) is 20.0 Å². The van der Waals surface area contributed by atoms with Gasteiger partial charge in [0.25, 0.3) is 0 Å². The normalized spacial score (nSPS) is 18.7. The van der Waals surface area contributed by atoms with Crippen LogP contribution >= 0.6 is 0 Å². The summed E-state index contributed by atoms with van der Waals surface area (Å²) >= 11 is 0. The molecule has 0 spiro atoms. The van der Waals surface area contributed by atoms with Gasteiger partial charge in [-0.05, 0) is 38.9 Å². The molecule has 0 saturated carbocycles. The zero-order valence-corrected chi connectivity index (χ0v) is 13.2. The molecule has 0 aromatic heterocycles. The predicted octanol–water partition coefficient (Wildman–Crippen LogP) is 0.921. The van der Waals surface area contributed by atoms with Crippen molar-refractivity contribution >= 4 is 6.03 Å². The van der Waals surface area contributed by atoms with Gasteiger partial charge in [0.2, 0.25) is 0 Å². The standard InChI is InChI=1S/C14H30N4O/c1-6-17(5)12-14(11-15-2)7-9-18(10-8-14)13(19)16(3)4/h15H,6-12H2,1-5H3. The Labute approximate surface area is 117 Å². The third-order valence-electron chi connectivity index (χ3n) is 4.17. The predicted molar refractivity (Wildman–Crippen MR) is 79.4 cm³/mol. The minimum atomic E-state index is 0.141. The first-order valence-electron chi connectivity index (χ1n) is 7.23. The van der Waals surface area contributed by atoms with E-state index in [0.717, 1.165) is 45.6 Å². The molecule has 0 radical (unpaired) electrons. The summed E-state index contributed by atoms with van der Waals surface area (Å²) in [6.45, 7) is 7.14. The number of piperidine rings is 1. The summed E-state index contributed by atoms with van der Waals surface area (Å²) in [5.41, 5.74) is 0.308. The first-order chi connectivity index (χ1) is 8.94. The van der Waals surface area contributed by atoms with Crippen molar-refractivity contribution in [2.45, 2.75) is 19.8 Å². The zero-order valence-electron chi connectivity index (χ0n) is 13.2. The molecule has 5 heteroatoms. The van der Waals surface area contributed by atoms with Gasteiger partial charge in [0.15, 0.2) is 0 Å². The highest BCUT2D eigenvalue weighted by Gasteiger charge is 2.36. The van der Waals surface area contributed by atoms with Crippen LogP contribution in [0.5, 0.6) is 0 Å². The number of hydrogen-bond acceptors (Lipinski definition) is 3. The Morgan fingerprint density at radius 2 is 1.84 bits per heavy atom. The second-order valence-corrected chi connectivity index (χ2v) is 6.02. The SMILES string of the molecule is CCN(C)CC1(CNC)CCN(C(=O)N(C)C)CC1. The molecule has 0 atom stereocenters. The Morgan fingerprint density at radius 3 is 2.26 bits per heavy atom. The third kappa shape index (κ3) is 4.35. The van der Waals surface area contributed by atoms with E-state index in [2.05, 4.69) is 24.2 Å². The van der Waals surface area contributed by atoms with Crippen LogP contribution in [0, 0.1) is 5.41 Å². The number of rotatable bonds is 5. The summed E-state index contributed by atoms with van der Waals surface area (Å²) in [5, 5.41) is 3.33. The second kappa shape index (κ2) is 7.10. The minimum Gasteiger partial charge on any atom is -0.331 e. The van der Waals surface area contributed by atoms with Gasteiger partial charge < -0.3 is 20.0 Å². The lowest BCUT2D eigenvalue weighted by Gasteiger charge is -2.44. The molecule has 1 rings (SSSR count). The van der Waals surface area contributed by atoms with Crippen LogP contribution in [0.4, 0.5) is 4.79 Å². The van der Waals surface area contributed by atoms with Crippen LogP contribution in [0.1, 0.15) is 19.8 Å². The zero-order chi connectivity index (χ0) is 14.5. The molecule has 2 amide bonds. The van der Waals surface area contributed by atoms with E-state index in [-0.39, 0.29) is 6.03 Å². The maximum absolute atomic E-state index is 12.0. The quantitative estimate of drug-likeness (QED) is 0.807. The van der Waals surface area contributed by atoms with Crippen molar-refractivity contribution in [2.75, 3.05) is 60.9 Å². The number of carbonyl (C=O) groups excluding carboxylic acids is 1. The average Bonchev–Trinajstić information content (AvgIpc) is 2.39. The van der Waals surface area contributed by atoms with Crippen molar-refractivity contribution in [3.63, 3.8) is 0 Å². The Morgan fingerprint density at radius 1 is 1.26 bits per heavy atom. The Balaban J connectivity index is 2.61. The molecule has 1 heterocycles. The van der Waals surface area contributed by atoms with Gasteiger partial charge in [-0.25, -0.2) is 4.79 Å². The topological polar surface area (TPSA) is 38.8 Å². The van der Waals surface area contributed by atoms with Crippen LogP contribution in [0.2, 0.25) is 0 Å². The lowest BCUT2D eigenvalue weighted by molar-refractivity contribution is 0.0771. The highest BCUT2D eigenvalue weighted by atomic mass is 16.2. The summed E-state index contributed by atoms with van der Waals surface area (Å²) in [5.74, 6) is 0. The number of amides is 2. The summed E-state index contributed by atoms with van der Waals surface area (Å²) < 4.78 is 0.